The summed E-state index contributed by atoms with van der Waals surface area (Å²) in [7, 11) is 1.55. The Morgan fingerprint density at radius 2 is 2.26 bits per heavy atom. The minimum atomic E-state index is -0.100. The lowest BCUT2D eigenvalue weighted by molar-refractivity contribution is 0.0695. The van der Waals surface area contributed by atoms with E-state index < -0.39 is 0 Å². The third kappa shape index (κ3) is 3.70. The maximum Gasteiger partial charge on any atom is 0.257 e. The van der Waals surface area contributed by atoms with Gasteiger partial charge in [0.15, 0.2) is 0 Å². The quantitative estimate of drug-likeness (QED) is 0.642. The van der Waals surface area contributed by atoms with Crippen molar-refractivity contribution in [2.45, 2.75) is 18.8 Å². The average molecular weight is 404 g/mol. The summed E-state index contributed by atoms with van der Waals surface area (Å²) in [5.41, 5.74) is 1.39. The Labute approximate surface area is 165 Å². The largest absolute Gasteiger partial charge is 0.496 e. The summed E-state index contributed by atoms with van der Waals surface area (Å²) in [5, 5.41) is 12.8. The van der Waals surface area contributed by atoms with Crippen molar-refractivity contribution in [1.29, 1.82) is 0 Å². The first-order valence-electron chi connectivity index (χ1n) is 8.64. The highest BCUT2D eigenvalue weighted by Crippen LogP contribution is 2.31. The highest BCUT2D eigenvalue weighted by molar-refractivity contribution is 7.08. The van der Waals surface area contributed by atoms with E-state index in [0.717, 1.165) is 18.4 Å². The lowest BCUT2D eigenvalue weighted by Crippen LogP contribution is -2.39. The first kappa shape index (κ1) is 18.0. The monoisotopic (exact) mass is 403 g/mol. The van der Waals surface area contributed by atoms with E-state index in [2.05, 4.69) is 10.2 Å². The number of hydrogen-bond donors (Lipinski definition) is 0. The van der Waals surface area contributed by atoms with Gasteiger partial charge in [0.1, 0.15) is 5.75 Å². The standard InChI is InChI=1S/C19H18ClN3O3S/c1-25-16-5-4-14(20)9-15(16)19(24)23-7-2-3-12(10-23)17-21-22-18(26-17)13-6-8-27-11-13/h4-6,8-9,11-12H,2-3,7,10H2,1H3/t12-/m0/s1. The second-order valence-electron chi connectivity index (χ2n) is 6.39. The van der Waals surface area contributed by atoms with Crippen LogP contribution in [-0.4, -0.2) is 41.2 Å². The van der Waals surface area contributed by atoms with Gasteiger partial charge in [0, 0.05) is 29.1 Å². The number of hydrogen-bond acceptors (Lipinski definition) is 6. The van der Waals surface area contributed by atoms with E-state index in [1.54, 1.807) is 41.5 Å². The maximum atomic E-state index is 13.0. The molecule has 0 spiro atoms. The van der Waals surface area contributed by atoms with Gasteiger partial charge in [0.25, 0.3) is 5.91 Å². The van der Waals surface area contributed by atoms with E-state index >= 15 is 0 Å². The number of thiophene rings is 1. The molecule has 3 aromatic rings. The summed E-state index contributed by atoms with van der Waals surface area (Å²) in [6.07, 6.45) is 1.77. The number of amides is 1. The van der Waals surface area contributed by atoms with Crippen LogP contribution < -0.4 is 4.74 Å². The Bertz CT molecular complexity index is 942. The van der Waals surface area contributed by atoms with Crippen molar-refractivity contribution in [3.8, 4) is 17.2 Å². The van der Waals surface area contributed by atoms with Gasteiger partial charge in [0.05, 0.1) is 18.6 Å². The SMILES string of the molecule is COc1ccc(Cl)cc1C(=O)N1CCC[C@H](c2nnc(-c3ccsc3)o2)C1. The minimum absolute atomic E-state index is 0.0211. The lowest BCUT2D eigenvalue weighted by Gasteiger charge is -2.31. The Morgan fingerprint density at radius 1 is 1.37 bits per heavy atom. The molecule has 6 nitrogen and oxygen atoms in total. The predicted molar refractivity (Wildman–Crippen MR) is 103 cm³/mol. The Balaban J connectivity index is 1.53. The van der Waals surface area contributed by atoms with Crippen LogP contribution in [0.1, 0.15) is 35.0 Å². The number of carbonyl (C=O) groups excluding carboxylic acids is 1. The molecule has 4 rings (SSSR count). The second-order valence-corrected chi connectivity index (χ2v) is 7.61. The lowest BCUT2D eigenvalue weighted by atomic mass is 9.97. The molecule has 8 heteroatoms. The number of halogens is 1. The molecule has 27 heavy (non-hydrogen) atoms. The van der Waals surface area contributed by atoms with Crippen LogP contribution >= 0.6 is 22.9 Å². The molecule has 0 unspecified atom stereocenters. The average Bonchev–Trinajstić information content (AvgIpc) is 3.39. The predicted octanol–water partition coefficient (Wildman–Crippen LogP) is 4.48. The zero-order valence-corrected chi connectivity index (χ0v) is 16.3. The summed E-state index contributed by atoms with van der Waals surface area (Å²) >= 11 is 7.66. The molecule has 0 bridgehead atoms. The number of carbonyl (C=O) groups is 1. The molecule has 1 saturated heterocycles. The van der Waals surface area contributed by atoms with E-state index in [1.807, 2.05) is 16.8 Å². The molecule has 1 aromatic carbocycles. The van der Waals surface area contributed by atoms with Gasteiger partial charge in [-0.1, -0.05) is 11.6 Å². The van der Waals surface area contributed by atoms with Gasteiger partial charge < -0.3 is 14.1 Å². The van der Waals surface area contributed by atoms with E-state index in [9.17, 15) is 4.79 Å². The van der Waals surface area contributed by atoms with E-state index in [0.29, 0.717) is 41.2 Å². The van der Waals surface area contributed by atoms with Crippen LogP contribution in [0.25, 0.3) is 11.5 Å². The van der Waals surface area contributed by atoms with E-state index in [-0.39, 0.29) is 11.8 Å². The number of likely N-dealkylation sites (tertiary alicyclic amines) is 1. The number of benzene rings is 1. The Morgan fingerprint density at radius 3 is 3.04 bits per heavy atom. The van der Waals surface area contributed by atoms with Crippen molar-refractivity contribution in [1.82, 2.24) is 15.1 Å². The van der Waals surface area contributed by atoms with Crippen molar-refractivity contribution in [2.24, 2.45) is 0 Å². The molecular weight excluding hydrogens is 386 g/mol. The fourth-order valence-electron chi connectivity index (χ4n) is 3.28. The molecular formula is C19H18ClN3O3S. The van der Waals surface area contributed by atoms with Crippen LogP contribution in [0.5, 0.6) is 5.75 Å². The zero-order valence-electron chi connectivity index (χ0n) is 14.7. The van der Waals surface area contributed by atoms with Gasteiger partial charge >= 0.3 is 0 Å². The summed E-state index contributed by atoms with van der Waals surface area (Å²) in [6.45, 7) is 1.20. The third-order valence-electron chi connectivity index (χ3n) is 4.66. The molecule has 0 radical (unpaired) electrons. The molecule has 140 valence electrons. The van der Waals surface area contributed by atoms with Crippen LogP contribution in [0.3, 0.4) is 0 Å². The van der Waals surface area contributed by atoms with Crippen molar-refractivity contribution in [3.05, 3.63) is 51.5 Å². The van der Waals surface area contributed by atoms with Crippen molar-refractivity contribution < 1.29 is 13.9 Å². The number of methoxy groups -OCH3 is 1. The summed E-state index contributed by atoms with van der Waals surface area (Å²) in [5.74, 6) is 1.53. The number of ether oxygens (including phenoxy) is 1. The van der Waals surface area contributed by atoms with Crippen LogP contribution in [0.2, 0.25) is 5.02 Å². The highest BCUT2D eigenvalue weighted by Gasteiger charge is 2.30. The van der Waals surface area contributed by atoms with Gasteiger partial charge in [-0.05, 0) is 42.5 Å². The van der Waals surface area contributed by atoms with E-state index in [1.165, 1.54) is 0 Å². The van der Waals surface area contributed by atoms with E-state index in [4.69, 9.17) is 20.8 Å². The Kier molecular flexibility index (Phi) is 5.13. The smallest absolute Gasteiger partial charge is 0.257 e. The minimum Gasteiger partial charge on any atom is -0.496 e. The second kappa shape index (κ2) is 7.70. The molecule has 1 atom stereocenters. The van der Waals surface area contributed by atoms with Gasteiger partial charge in [-0.15, -0.1) is 10.2 Å². The molecule has 0 saturated carbocycles. The van der Waals surface area contributed by atoms with Crippen LogP contribution in [-0.2, 0) is 0 Å². The highest BCUT2D eigenvalue weighted by atomic mass is 35.5. The van der Waals surface area contributed by atoms with Gasteiger partial charge in [-0.2, -0.15) is 11.3 Å². The van der Waals surface area contributed by atoms with Gasteiger partial charge in [-0.25, -0.2) is 0 Å². The molecule has 3 heterocycles. The zero-order chi connectivity index (χ0) is 18.8. The molecule has 1 aliphatic heterocycles. The molecule has 1 amide bonds. The fraction of sp³-hybridized carbons (Fsp3) is 0.316. The fourth-order valence-corrected chi connectivity index (χ4v) is 4.09. The van der Waals surface area contributed by atoms with Crippen LogP contribution in [0.15, 0.2) is 39.4 Å². The first-order valence-corrected chi connectivity index (χ1v) is 9.96. The maximum absolute atomic E-state index is 13.0. The van der Waals surface area contributed by atoms with Crippen molar-refractivity contribution >= 4 is 28.8 Å². The summed E-state index contributed by atoms with van der Waals surface area (Å²) in [6, 6.07) is 7.01. The summed E-state index contributed by atoms with van der Waals surface area (Å²) < 4.78 is 11.2. The molecule has 1 aliphatic rings. The van der Waals surface area contributed by atoms with Crippen LogP contribution in [0.4, 0.5) is 0 Å². The number of rotatable bonds is 4. The third-order valence-corrected chi connectivity index (χ3v) is 5.58. The van der Waals surface area contributed by atoms with Crippen molar-refractivity contribution in [2.75, 3.05) is 20.2 Å². The molecule has 0 aliphatic carbocycles. The Hall–Kier alpha value is -2.38. The topological polar surface area (TPSA) is 68.5 Å². The molecule has 2 aromatic heterocycles. The molecule has 0 N–H and O–H groups in total. The van der Waals surface area contributed by atoms with Crippen LogP contribution in [0, 0.1) is 0 Å². The van der Waals surface area contributed by atoms with Gasteiger partial charge in [0.2, 0.25) is 11.8 Å². The van der Waals surface area contributed by atoms with Gasteiger partial charge in [-0.3, -0.25) is 4.79 Å². The van der Waals surface area contributed by atoms with Crippen molar-refractivity contribution in [3.63, 3.8) is 0 Å². The first-order chi connectivity index (χ1) is 13.2. The number of aromatic nitrogens is 2. The number of nitrogens with zero attached hydrogens (tertiary/aromatic N) is 3. The molecule has 1 fully saturated rings. The normalized spacial score (nSPS) is 17.1. The summed E-state index contributed by atoms with van der Waals surface area (Å²) in [4.78, 5) is 14.8. The number of piperidine rings is 1.